The van der Waals surface area contributed by atoms with Crippen molar-refractivity contribution < 1.29 is 9.84 Å². The van der Waals surface area contributed by atoms with E-state index in [-0.39, 0.29) is 6.10 Å². The predicted octanol–water partition coefficient (Wildman–Crippen LogP) is 3.66. The molecular weight excluding hydrogens is 224 g/mol. The van der Waals surface area contributed by atoms with E-state index in [9.17, 15) is 5.11 Å². The van der Waals surface area contributed by atoms with Gasteiger partial charge in [0.2, 0.25) is 0 Å². The van der Waals surface area contributed by atoms with Crippen LogP contribution < -0.4 is 0 Å². The zero-order valence-electron chi connectivity index (χ0n) is 11.6. The summed E-state index contributed by atoms with van der Waals surface area (Å²) in [5.74, 6) is 1.02. The predicted molar refractivity (Wildman–Crippen MR) is 73.6 cm³/mol. The van der Waals surface area contributed by atoms with Crippen molar-refractivity contribution in [3.63, 3.8) is 0 Å². The van der Waals surface area contributed by atoms with E-state index in [0.29, 0.717) is 11.8 Å². The number of hydrogen-bond acceptors (Lipinski definition) is 2. The number of hydrogen-bond donors (Lipinski definition) is 1. The standard InChI is InChI=1S/C16H24O2/c1-4-11(2)13-5-7-14(8-6-13)15(17)16-12(3)9-10-18-16/h5-8,11-12,15-17H,4,9-10H2,1-3H3. The number of aliphatic hydroxyl groups is 1. The van der Waals surface area contributed by atoms with E-state index in [1.807, 2.05) is 12.1 Å². The van der Waals surface area contributed by atoms with Gasteiger partial charge in [-0.05, 0) is 35.8 Å². The van der Waals surface area contributed by atoms with E-state index in [1.165, 1.54) is 5.56 Å². The van der Waals surface area contributed by atoms with Crippen molar-refractivity contribution in [2.75, 3.05) is 6.61 Å². The average molecular weight is 248 g/mol. The van der Waals surface area contributed by atoms with Gasteiger partial charge in [0.25, 0.3) is 0 Å². The molecule has 0 saturated carbocycles. The highest BCUT2D eigenvalue weighted by molar-refractivity contribution is 5.27. The average Bonchev–Trinajstić information content (AvgIpc) is 2.83. The Bertz CT molecular complexity index is 371. The van der Waals surface area contributed by atoms with Crippen molar-refractivity contribution in [1.29, 1.82) is 0 Å². The van der Waals surface area contributed by atoms with Gasteiger partial charge < -0.3 is 9.84 Å². The molecule has 0 bridgehead atoms. The van der Waals surface area contributed by atoms with Crippen LogP contribution in [0.25, 0.3) is 0 Å². The quantitative estimate of drug-likeness (QED) is 0.881. The topological polar surface area (TPSA) is 29.5 Å². The Labute approximate surface area is 110 Å². The van der Waals surface area contributed by atoms with Crippen molar-refractivity contribution in [1.82, 2.24) is 0 Å². The zero-order valence-corrected chi connectivity index (χ0v) is 11.6. The summed E-state index contributed by atoms with van der Waals surface area (Å²) in [4.78, 5) is 0. The van der Waals surface area contributed by atoms with Gasteiger partial charge in [-0.15, -0.1) is 0 Å². The smallest absolute Gasteiger partial charge is 0.105 e. The van der Waals surface area contributed by atoms with Gasteiger partial charge in [-0.25, -0.2) is 0 Å². The summed E-state index contributed by atoms with van der Waals surface area (Å²) < 4.78 is 5.63. The molecule has 0 aromatic heterocycles. The molecule has 1 fully saturated rings. The van der Waals surface area contributed by atoms with E-state index >= 15 is 0 Å². The molecule has 1 aliphatic rings. The summed E-state index contributed by atoms with van der Waals surface area (Å²) in [6.07, 6.45) is 1.66. The Morgan fingerprint density at radius 2 is 1.89 bits per heavy atom. The molecule has 1 heterocycles. The van der Waals surface area contributed by atoms with E-state index in [4.69, 9.17) is 4.74 Å². The molecular formula is C16H24O2. The highest BCUT2D eigenvalue weighted by atomic mass is 16.5. The lowest BCUT2D eigenvalue weighted by molar-refractivity contribution is -0.0178. The lowest BCUT2D eigenvalue weighted by Crippen LogP contribution is -2.23. The maximum atomic E-state index is 10.4. The van der Waals surface area contributed by atoms with Crippen LogP contribution in [-0.4, -0.2) is 17.8 Å². The van der Waals surface area contributed by atoms with Gasteiger partial charge in [0, 0.05) is 6.61 Å². The molecule has 1 saturated heterocycles. The van der Waals surface area contributed by atoms with Crippen molar-refractivity contribution in [3.05, 3.63) is 35.4 Å². The van der Waals surface area contributed by atoms with Crippen LogP contribution in [0.15, 0.2) is 24.3 Å². The molecule has 1 aliphatic heterocycles. The van der Waals surface area contributed by atoms with Gasteiger partial charge in [0.05, 0.1) is 6.10 Å². The van der Waals surface area contributed by atoms with Crippen LogP contribution in [0.5, 0.6) is 0 Å². The molecule has 2 rings (SSSR count). The van der Waals surface area contributed by atoms with Crippen LogP contribution in [-0.2, 0) is 4.74 Å². The monoisotopic (exact) mass is 248 g/mol. The lowest BCUT2D eigenvalue weighted by Gasteiger charge is -2.22. The second kappa shape index (κ2) is 5.85. The van der Waals surface area contributed by atoms with E-state index in [2.05, 4.69) is 32.9 Å². The minimum Gasteiger partial charge on any atom is -0.386 e. The highest BCUT2D eigenvalue weighted by Crippen LogP contribution is 2.31. The molecule has 1 aromatic carbocycles. The van der Waals surface area contributed by atoms with E-state index in [1.54, 1.807) is 0 Å². The Morgan fingerprint density at radius 3 is 2.39 bits per heavy atom. The lowest BCUT2D eigenvalue weighted by atomic mass is 9.92. The molecule has 0 amide bonds. The molecule has 2 nitrogen and oxygen atoms in total. The molecule has 100 valence electrons. The number of ether oxygens (including phenoxy) is 1. The SMILES string of the molecule is CCC(C)c1ccc(C(O)C2OCCC2C)cc1. The van der Waals surface area contributed by atoms with Gasteiger partial charge >= 0.3 is 0 Å². The molecule has 2 heteroatoms. The molecule has 4 atom stereocenters. The maximum absolute atomic E-state index is 10.4. The molecule has 1 aromatic rings. The minimum absolute atomic E-state index is 0.0422. The van der Waals surface area contributed by atoms with Crippen LogP contribution >= 0.6 is 0 Å². The van der Waals surface area contributed by atoms with Crippen LogP contribution in [0, 0.1) is 5.92 Å². The van der Waals surface area contributed by atoms with Crippen molar-refractivity contribution in [2.24, 2.45) is 5.92 Å². The molecule has 0 spiro atoms. The summed E-state index contributed by atoms with van der Waals surface area (Å²) >= 11 is 0. The van der Waals surface area contributed by atoms with Gasteiger partial charge in [-0.3, -0.25) is 0 Å². The van der Waals surface area contributed by atoms with Gasteiger partial charge in [0.15, 0.2) is 0 Å². The maximum Gasteiger partial charge on any atom is 0.105 e. The third-order valence-electron chi connectivity index (χ3n) is 4.21. The van der Waals surface area contributed by atoms with Crippen LogP contribution in [0.3, 0.4) is 0 Å². The fraction of sp³-hybridized carbons (Fsp3) is 0.625. The first-order valence-electron chi connectivity index (χ1n) is 7.03. The first-order chi connectivity index (χ1) is 8.63. The van der Waals surface area contributed by atoms with Gasteiger partial charge in [-0.1, -0.05) is 45.0 Å². The second-order valence-corrected chi connectivity index (χ2v) is 5.52. The number of benzene rings is 1. The molecule has 0 radical (unpaired) electrons. The fourth-order valence-electron chi connectivity index (χ4n) is 2.57. The van der Waals surface area contributed by atoms with Crippen molar-refractivity contribution in [2.45, 2.75) is 51.7 Å². The third kappa shape index (κ3) is 2.76. The van der Waals surface area contributed by atoms with Crippen LogP contribution in [0.4, 0.5) is 0 Å². The Morgan fingerprint density at radius 1 is 1.28 bits per heavy atom. The Hall–Kier alpha value is -0.860. The Kier molecular flexibility index (Phi) is 4.41. The van der Waals surface area contributed by atoms with Crippen LogP contribution in [0.2, 0.25) is 0 Å². The van der Waals surface area contributed by atoms with Gasteiger partial charge in [-0.2, -0.15) is 0 Å². The summed E-state index contributed by atoms with van der Waals surface area (Å²) in [6.45, 7) is 7.34. The highest BCUT2D eigenvalue weighted by Gasteiger charge is 2.31. The largest absolute Gasteiger partial charge is 0.386 e. The van der Waals surface area contributed by atoms with E-state index < -0.39 is 6.10 Å². The van der Waals surface area contributed by atoms with Crippen molar-refractivity contribution in [3.8, 4) is 0 Å². The summed E-state index contributed by atoms with van der Waals surface area (Å²) in [6, 6.07) is 8.35. The minimum atomic E-state index is -0.492. The normalized spacial score (nSPS) is 27.1. The number of rotatable bonds is 4. The molecule has 18 heavy (non-hydrogen) atoms. The second-order valence-electron chi connectivity index (χ2n) is 5.52. The summed E-state index contributed by atoms with van der Waals surface area (Å²) in [5, 5.41) is 10.4. The van der Waals surface area contributed by atoms with E-state index in [0.717, 1.165) is 25.0 Å². The van der Waals surface area contributed by atoms with Crippen LogP contribution in [0.1, 0.15) is 56.8 Å². The molecule has 1 N–H and O–H groups in total. The van der Waals surface area contributed by atoms with Gasteiger partial charge in [0.1, 0.15) is 6.10 Å². The first-order valence-corrected chi connectivity index (χ1v) is 7.03. The number of aliphatic hydroxyl groups excluding tert-OH is 1. The Balaban J connectivity index is 2.09. The van der Waals surface area contributed by atoms with Crippen molar-refractivity contribution >= 4 is 0 Å². The summed E-state index contributed by atoms with van der Waals surface area (Å²) in [5.41, 5.74) is 2.31. The fourth-order valence-corrected chi connectivity index (χ4v) is 2.57. The summed E-state index contributed by atoms with van der Waals surface area (Å²) in [7, 11) is 0. The molecule has 0 aliphatic carbocycles. The first kappa shape index (κ1) is 13.6. The molecule has 4 unspecified atom stereocenters. The third-order valence-corrected chi connectivity index (χ3v) is 4.21. The zero-order chi connectivity index (χ0) is 13.1.